The van der Waals surface area contributed by atoms with Crippen LogP contribution in [0.4, 0.5) is 5.82 Å². The summed E-state index contributed by atoms with van der Waals surface area (Å²) in [4.78, 5) is 8.19. The van der Waals surface area contributed by atoms with Gasteiger partial charge in [0.05, 0.1) is 22.2 Å². The molecule has 0 spiro atoms. The Bertz CT molecular complexity index is 710. The first-order valence-electron chi connectivity index (χ1n) is 6.15. The molecular formula is C12H12ClN3O3S. The van der Waals surface area contributed by atoms with Gasteiger partial charge in [0.1, 0.15) is 29.5 Å². The molecule has 3 heterocycles. The highest BCUT2D eigenvalue weighted by Gasteiger charge is 2.82. The Morgan fingerprint density at radius 3 is 3.05 bits per heavy atom. The maximum absolute atomic E-state index is 10.4. The molecule has 0 radical (unpaired) electrons. The van der Waals surface area contributed by atoms with E-state index in [1.807, 2.05) is 5.38 Å². The molecule has 1 aliphatic carbocycles. The number of ether oxygens (including phenoxy) is 1. The predicted molar refractivity (Wildman–Crippen MR) is 74.7 cm³/mol. The van der Waals surface area contributed by atoms with Crippen molar-refractivity contribution in [1.82, 2.24) is 9.97 Å². The average molecular weight is 314 g/mol. The van der Waals surface area contributed by atoms with Crippen LogP contribution in [0.3, 0.4) is 0 Å². The lowest BCUT2D eigenvalue weighted by atomic mass is 10.0. The Hall–Kier alpha value is -0.990. The first-order chi connectivity index (χ1) is 9.53. The fourth-order valence-electron chi connectivity index (χ4n) is 3.07. The van der Waals surface area contributed by atoms with Gasteiger partial charge >= 0.3 is 0 Å². The van der Waals surface area contributed by atoms with Crippen LogP contribution in [0.1, 0.15) is 18.1 Å². The third-order valence-corrected chi connectivity index (χ3v) is 5.75. The molecule has 4 N–H and O–H groups in total. The normalized spacial score (nSPS) is 39.1. The number of alkyl halides is 1. The fourth-order valence-corrected chi connectivity index (χ4v) is 4.48. The van der Waals surface area contributed by atoms with Crippen molar-refractivity contribution in [1.29, 1.82) is 0 Å². The Kier molecular flexibility index (Phi) is 2.42. The van der Waals surface area contributed by atoms with Crippen LogP contribution < -0.4 is 5.73 Å². The van der Waals surface area contributed by atoms with Gasteiger partial charge in [0.15, 0.2) is 0 Å². The van der Waals surface area contributed by atoms with Crippen LogP contribution in [0.5, 0.6) is 0 Å². The van der Waals surface area contributed by atoms with E-state index in [-0.39, 0.29) is 12.0 Å². The van der Waals surface area contributed by atoms with Crippen LogP contribution in [0.15, 0.2) is 11.7 Å². The topological polar surface area (TPSA) is 101 Å². The van der Waals surface area contributed by atoms with Crippen molar-refractivity contribution in [3.63, 3.8) is 0 Å². The number of anilines is 1. The van der Waals surface area contributed by atoms with Crippen LogP contribution in [0.2, 0.25) is 0 Å². The van der Waals surface area contributed by atoms with Crippen molar-refractivity contribution in [2.24, 2.45) is 0 Å². The number of rotatable bonds is 2. The summed E-state index contributed by atoms with van der Waals surface area (Å²) < 4.78 is 6.66. The van der Waals surface area contributed by atoms with E-state index in [1.54, 1.807) is 0 Å². The van der Waals surface area contributed by atoms with E-state index in [4.69, 9.17) is 22.1 Å². The number of nitrogen functional groups attached to an aromatic ring is 1. The van der Waals surface area contributed by atoms with Crippen LogP contribution in [0.25, 0.3) is 10.2 Å². The average Bonchev–Trinajstić information content (AvgIpc) is 2.84. The zero-order chi connectivity index (χ0) is 14.1. The molecule has 0 unspecified atom stereocenters. The second-order valence-electron chi connectivity index (χ2n) is 5.29. The van der Waals surface area contributed by atoms with Gasteiger partial charge in [-0.05, 0) is 5.38 Å². The number of aromatic nitrogens is 2. The number of nitrogens with zero attached hydrogens (tertiary/aromatic N) is 2. The molecule has 20 heavy (non-hydrogen) atoms. The van der Waals surface area contributed by atoms with Crippen LogP contribution in [0, 0.1) is 0 Å². The largest absolute Gasteiger partial charge is 0.387 e. The molecule has 106 valence electrons. The molecule has 4 atom stereocenters. The van der Waals surface area contributed by atoms with Crippen molar-refractivity contribution in [2.75, 3.05) is 11.6 Å². The third kappa shape index (κ3) is 1.30. The summed E-state index contributed by atoms with van der Waals surface area (Å²) in [6, 6.07) is 0. The molecule has 1 saturated heterocycles. The summed E-state index contributed by atoms with van der Waals surface area (Å²) in [7, 11) is 0. The summed E-state index contributed by atoms with van der Waals surface area (Å²) in [6.07, 6.45) is 0.444. The number of aliphatic hydroxyl groups is 2. The lowest BCUT2D eigenvalue weighted by Crippen LogP contribution is -2.23. The Morgan fingerprint density at radius 1 is 1.55 bits per heavy atom. The maximum atomic E-state index is 10.4. The summed E-state index contributed by atoms with van der Waals surface area (Å²) in [5, 5.41) is 22.1. The SMILES string of the molecule is Nc1ncnc2c([C@H]3C[C@@]4(O)[C@@H](O)[C@@]4(CCl)O3)csc12. The number of halogens is 1. The first kappa shape index (κ1) is 12.7. The van der Waals surface area contributed by atoms with E-state index in [0.717, 1.165) is 15.8 Å². The van der Waals surface area contributed by atoms with Gasteiger partial charge < -0.3 is 20.7 Å². The minimum Gasteiger partial charge on any atom is -0.387 e. The zero-order valence-electron chi connectivity index (χ0n) is 10.3. The summed E-state index contributed by atoms with van der Waals surface area (Å²) in [6.45, 7) is 0. The van der Waals surface area contributed by atoms with E-state index in [2.05, 4.69) is 9.97 Å². The molecule has 6 nitrogen and oxygen atoms in total. The van der Waals surface area contributed by atoms with Gasteiger partial charge in [0, 0.05) is 12.0 Å². The molecule has 2 aromatic heterocycles. The molecule has 1 saturated carbocycles. The van der Waals surface area contributed by atoms with Gasteiger partial charge in [-0.3, -0.25) is 0 Å². The highest BCUT2D eigenvalue weighted by atomic mass is 35.5. The molecule has 0 amide bonds. The number of hydrogen-bond acceptors (Lipinski definition) is 7. The quantitative estimate of drug-likeness (QED) is 0.710. The minimum atomic E-state index is -1.26. The lowest BCUT2D eigenvalue weighted by molar-refractivity contribution is -0.0207. The number of fused-ring (bicyclic) bond motifs is 2. The molecule has 0 aromatic carbocycles. The van der Waals surface area contributed by atoms with E-state index in [1.165, 1.54) is 17.7 Å². The van der Waals surface area contributed by atoms with E-state index in [0.29, 0.717) is 12.2 Å². The van der Waals surface area contributed by atoms with E-state index in [9.17, 15) is 10.2 Å². The highest BCUT2D eigenvalue weighted by Crippen LogP contribution is 2.64. The third-order valence-electron chi connectivity index (χ3n) is 4.35. The molecule has 0 bridgehead atoms. The molecular weight excluding hydrogens is 302 g/mol. The molecule has 2 aromatic rings. The number of thiophene rings is 1. The second-order valence-corrected chi connectivity index (χ2v) is 6.44. The Balaban J connectivity index is 1.75. The number of hydrogen-bond donors (Lipinski definition) is 3. The highest BCUT2D eigenvalue weighted by molar-refractivity contribution is 7.17. The van der Waals surface area contributed by atoms with Gasteiger partial charge in [-0.15, -0.1) is 22.9 Å². The number of nitrogens with two attached hydrogens (primary N) is 1. The Morgan fingerprint density at radius 2 is 2.35 bits per heavy atom. The van der Waals surface area contributed by atoms with Crippen molar-refractivity contribution in [3.05, 3.63) is 17.3 Å². The fraction of sp³-hybridized carbons (Fsp3) is 0.500. The van der Waals surface area contributed by atoms with Crippen molar-refractivity contribution in [3.8, 4) is 0 Å². The van der Waals surface area contributed by atoms with Gasteiger partial charge in [-0.25, -0.2) is 9.97 Å². The number of aliphatic hydroxyl groups excluding tert-OH is 1. The maximum Gasteiger partial charge on any atom is 0.144 e. The van der Waals surface area contributed by atoms with Crippen molar-refractivity contribution in [2.45, 2.75) is 29.8 Å². The standard InChI is InChI=1S/C12H12ClN3O3S/c13-3-12-10(17)11(12,18)1-6(19-12)5-2-20-8-7(5)15-4-16-9(8)14/h2,4,6,10,17-18H,1,3H2,(H2,14,15,16)/t6-,10-,11-,12-/m1/s1. The van der Waals surface area contributed by atoms with Gasteiger partial charge in [0.2, 0.25) is 0 Å². The van der Waals surface area contributed by atoms with Crippen LogP contribution >= 0.6 is 22.9 Å². The monoisotopic (exact) mass is 313 g/mol. The molecule has 2 fully saturated rings. The zero-order valence-corrected chi connectivity index (χ0v) is 11.9. The van der Waals surface area contributed by atoms with E-state index < -0.39 is 17.3 Å². The van der Waals surface area contributed by atoms with Crippen LogP contribution in [-0.2, 0) is 4.74 Å². The van der Waals surface area contributed by atoms with Crippen molar-refractivity contribution < 1.29 is 14.9 Å². The van der Waals surface area contributed by atoms with Gasteiger partial charge in [0.25, 0.3) is 0 Å². The molecule has 8 heteroatoms. The minimum absolute atomic E-state index is 0.0559. The molecule has 4 rings (SSSR count). The molecule has 2 aliphatic rings. The van der Waals surface area contributed by atoms with E-state index >= 15 is 0 Å². The van der Waals surface area contributed by atoms with Crippen molar-refractivity contribution >= 4 is 39.0 Å². The summed E-state index contributed by atoms with van der Waals surface area (Å²) in [5.41, 5.74) is 5.10. The summed E-state index contributed by atoms with van der Waals surface area (Å²) in [5.74, 6) is 0.487. The predicted octanol–water partition coefficient (Wildman–Crippen LogP) is 0.818. The van der Waals surface area contributed by atoms with Crippen LogP contribution in [-0.4, -0.2) is 43.4 Å². The summed E-state index contributed by atoms with van der Waals surface area (Å²) >= 11 is 7.30. The smallest absolute Gasteiger partial charge is 0.144 e. The molecule has 1 aliphatic heterocycles. The van der Waals surface area contributed by atoms with Gasteiger partial charge in [-0.1, -0.05) is 0 Å². The first-order valence-corrected chi connectivity index (χ1v) is 7.57. The second kappa shape index (κ2) is 3.80. The van der Waals surface area contributed by atoms with Gasteiger partial charge in [-0.2, -0.15) is 0 Å². The lowest BCUT2D eigenvalue weighted by Gasteiger charge is -2.16. The Labute approximate surface area is 123 Å².